The van der Waals surface area contributed by atoms with E-state index in [0.29, 0.717) is 0 Å². The Morgan fingerprint density at radius 2 is 2.05 bits per heavy atom. The molecule has 19 heavy (non-hydrogen) atoms. The van der Waals surface area contributed by atoms with Crippen molar-refractivity contribution in [2.45, 2.75) is 51.0 Å². The second-order valence-electron chi connectivity index (χ2n) is 6.00. The monoisotopic (exact) mass is 299 g/mol. The van der Waals surface area contributed by atoms with Gasteiger partial charge >= 0.3 is 0 Å². The Balaban J connectivity index is 2.14. The molecular weight excluding hydrogens is 278 g/mol. The van der Waals surface area contributed by atoms with Crippen molar-refractivity contribution in [3.8, 4) is 0 Å². The summed E-state index contributed by atoms with van der Waals surface area (Å²) in [7, 11) is 0. The van der Waals surface area contributed by atoms with Gasteiger partial charge in [0.1, 0.15) is 0 Å². The van der Waals surface area contributed by atoms with Crippen molar-refractivity contribution in [3.05, 3.63) is 21.4 Å². The molecule has 0 spiro atoms. The molecule has 2 rings (SSSR count). The molecule has 106 valence electrons. The highest BCUT2D eigenvalue weighted by molar-refractivity contribution is 7.98. The first-order valence-corrected chi connectivity index (χ1v) is 8.42. The predicted octanol–water partition coefficient (Wildman–Crippen LogP) is 2.82. The number of rotatable bonds is 3. The maximum Gasteiger partial charge on any atom is 0.261 e. The lowest BCUT2D eigenvalue weighted by Gasteiger charge is -2.37. The number of thioether (sulfide) groups is 1. The summed E-state index contributed by atoms with van der Waals surface area (Å²) in [5.41, 5.74) is -0.328. The van der Waals surface area contributed by atoms with Crippen molar-refractivity contribution in [2.24, 2.45) is 0 Å². The van der Waals surface area contributed by atoms with Crippen LogP contribution in [0.5, 0.6) is 0 Å². The molecule has 2 heterocycles. The molecule has 2 N–H and O–H groups in total. The van der Waals surface area contributed by atoms with Crippen molar-refractivity contribution >= 4 is 29.0 Å². The zero-order valence-corrected chi connectivity index (χ0v) is 13.5. The Hall–Kier alpha value is -0.520. The Labute approximate surface area is 122 Å². The SMILES string of the molecule is CC(C)(O)C(C)(C)NC(=O)c1cc2c(s1)CCSC2. The molecule has 3 nitrogen and oxygen atoms in total. The lowest BCUT2D eigenvalue weighted by atomic mass is 9.86. The van der Waals surface area contributed by atoms with Gasteiger partial charge < -0.3 is 10.4 Å². The molecule has 1 amide bonds. The zero-order valence-electron chi connectivity index (χ0n) is 11.9. The van der Waals surface area contributed by atoms with Crippen LogP contribution in [0.1, 0.15) is 47.8 Å². The van der Waals surface area contributed by atoms with Gasteiger partial charge in [-0.1, -0.05) is 0 Å². The van der Waals surface area contributed by atoms with Crippen LogP contribution in [-0.4, -0.2) is 27.9 Å². The number of nitrogens with one attached hydrogen (secondary N) is 1. The zero-order chi connectivity index (χ0) is 14.3. The Morgan fingerprint density at radius 1 is 1.37 bits per heavy atom. The number of thiophene rings is 1. The van der Waals surface area contributed by atoms with E-state index in [1.807, 2.05) is 31.7 Å². The van der Waals surface area contributed by atoms with E-state index < -0.39 is 11.1 Å². The second kappa shape index (κ2) is 5.11. The Morgan fingerprint density at radius 3 is 2.63 bits per heavy atom. The molecule has 1 aliphatic heterocycles. The van der Waals surface area contributed by atoms with E-state index in [0.717, 1.165) is 22.8 Å². The summed E-state index contributed by atoms with van der Waals surface area (Å²) in [4.78, 5) is 14.4. The number of carbonyl (C=O) groups excluding carboxylic acids is 1. The van der Waals surface area contributed by atoms with Crippen LogP contribution in [0, 0.1) is 0 Å². The van der Waals surface area contributed by atoms with E-state index in [-0.39, 0.29) is 5.91 Å². The minimum absolute atomic E-state index is 0.0866. The number of fused-ring (bicyclic) bond motifs is 1. The summed E-state index contributed by atoms with van der Waals surface area (Å²) in [6.07, 6.45) is 1.06. The van der Waals surface area contributed by atoms with Crippen LogP contribution in [0.15, 0.2) is 6.07 Å². The molecular formula is C14H21NO2S2. The number of aryl methyl sites for hydroxylation is 1. The molecule has 0 radical (unpaired) electrons. The second-order valence-corrected chi connectivity index (χ2v) is 8.24. The highest BCUT2D eigenvalue weighted by Gasteiger charge is 2.36. The summed E-state index contributed by atoms with van der Waals surface area (Å²) in [5.74, 6) is 2.06. The fourth-order valence-corrected chi connectivity index (χ4v) is 4.03. The minimum atomic E-state index is -0.963. The maximum absolute atomic E-state index is 12.3. The third-order valence-corrected chi connectivity index (χ3v) is 6.05. The van der Waals surface area contributed by atoms with Crippen LogP contribution in [-0.2, 0) is 12.2 Å². The molecule has 0 aromatic carbocycles. The largest absolute Gasteiger partial charge is 0.388 e. The number of amides is 1. The summed E-state index contributed by atoms with van der Waals surface area (Å²) in [6, 6.07) is 2.00. The Bertz CT molecular complexity index is 463. The average molecular weight is 299 g/mol. The van der Waals surface area contributed by atoms with Crippen molar-refractivity contribution in [1.82, 2.24) is 5.32 Å². The molecule has 0 atom stereocenters. The van der Waals surface area contributed by atoms with Crippen molar-refractivity contribution in [3.63, 3.8) is 0 Å². The van der Waals surface area contributed by atoms with E-state index in [4.69, 9.17) is 0 Å². The van der Waals surface area contributed by atoms with E-state index in [2.05, 4.69) is 5.32 Å². The first kappa shape index (κ1) is 14.9. The fraction of sp³-hybridized carbons (Fsp3) is 0.643. The van der Waals surface area contributed by atoms with Gasteiger partial charge in [0.05, 0.1) is 16.0 Å². The van der Waals surface area contributed by atoms with Gasteiger partial charge in [0.25, 0.3) is 5.91 Å². The molecule has 1 aromatic heterocycles. The number of hydrogen-bond donors (Lipinski definition) is 2. The normalized spacial score (nSPS) is 16.1. The number of hydrogen-bond acceptors (Lipinski definition) is 4. The van der Waals surface area contributed by atoms with Gasteiger partial charge in [-0.2, -0.15) is 11.8 Å². The quantitative estimate of drug-likeness (QED) is 0.902. The first-order valence-electron chi connectivity index (χ1n) is 6.45. The predicted molar refractivity (Wildman–Crippen MR) is 82.0 cm³/mol. The van der Waals surface area contributed by atoms with E-state index in [9.17, 15) is 9.90 Å². The van der Waals surface area contributed by atoms with Crippen LogP contribution in [0.2, 0.25) is 0 Å². The minimum Gasteiger partial charge on any atom is -0.388 e. The molecule has 0 bridgehead atoms. The highest BCUT2D eigenvalue weighted by atomic mass is 32.2. The van der Waals surface area contributed by atoms with Crippen LogP contribution in [0.4, 0.5) is 0 Å². The first-order chi connectivity index (χ1) is 8.71. The van der Waals surface area contributed by atoms with E-state index >= 15 is 0 Å². The molecule has 1 aliphatic rings. The van der Waals surface area contributed by atoms with Crippen LogP contribution >= 0.6 is 23.1 Å². The van der Waals surface area contributed by atoms with Gasteiger partial charge in [0, 0.05) is 10.6 Å². The van der Waals surface area contributed by atoms with Crippen molar-refractivity contribution in [1.29, 1.82) is 0 Å². The van der Waals surface area contributed by atoms with Crippen molar-refractivity contribution in [2.75, 3.05) is 5.75 Å². The molecule has 5 heteroatoms. The van der Waals surface area contributed by atoms with Crippen molar-refractivity contribution < 1.29 is 9.90 Å². The maximum atomic E-state index is 12.3. The molecule has 0 saturated carbocycles. The molecule has 0 saturated heterocycles. The lowest BCUT2D eigenvalue weighted by Crippen LogP contribution is -2.57. The van der Waals surface area contributed by atoms with Gasteiger partial charge in [-0.25, -0.2) is 0 Å². The van der Waals surface area contributed by atoms with E-state index in [1.54, 1.807) is 25.2 Å². The highest BCUT2D eigenvalue weighted by Crippen LogP contribution is 2.32. The Kier molecular flexibility index (Phi) is 4.00. The van der Waals surface area contributed by atoms with Gasteiger partial charge in [-0.05, 0) is 51.5 Å². The molecule has 0 aliphatic carbocycles. The lowest BCUT2D eigenvalue weighted by molar-refractivity contribution is -0.00284. The summed E-state index contributed by atoms with van der Waals surface area (Å²) >= 11 is 3.50. The third-order valence-electron chi connectivity index (χ3n) is 3.81. The number of carbonyl (C=O) groups is 1. The molecule has 0 fully saturated rings. The van der Waals surface area contributed by atoms with Gasteiger partial charge in [0.2, 0.25) is 0 Å². The smallest absolute Gasteiger partial charge is 0.261 e. The molecule has 0 unspecified atom stereocenters. The van der Waals surface area contributed by atoms with Crippen LogP contribution in [0.25, 0.3) is 0 Å². The average Bonchev–Trinajstić information content (AvgIpc) is 2.70. The van der Waals surface area contributed by atoms with Crippen LogP contribution in [0.3, 0.4) is 0 Å². The van der Waals surface area contributed by atoms with Gasteiger partial charge in [0.15, 0.2) is 0 Å². The number of aliphatic hydroxyl groups is 1. The summed E-state index contributed by atoms with van der Waals surface area (Å²) in [5, 5.41) is 13.0. The summed E-state index contributed by atoms with van der Waals surface area (Å²) in [6.45, 7) is 7.11. The summed E-state index contributed by atoms with van der Waals surface area (Å²) < 4.78 is 0. The standard InChI is InChI=1S/C14H21NO2S2/c1-13(2,14(3,4)17)15-12(16)11-7-9-8-18-6-5-10(9)19-11/h7,17H,5-6,8H2,1-4H3,(H,15,16). The topological polar surface area (TPSA) is 49.3 Å². The van der Waals surface area contributed by atoms with Gasteiger partial charge in [-0.3, -0.25) is 4.79 Å². The van der Waals surface area contributed by atoms with Crippen LogP contribution < -0.4 is 5.32 Å². The third kappa shape index (κ3) is 3.15. The van der Waals surface area contributed by atoms with Gasteiger partial charge in [-0.15, -0.1) is 11.3 Å². The molecule has 1 aromatic rings. The van der Waals surface area contributed by atoms with E-state index in [1.165, 1.54) is 10.4 Å². The fourth-order valence-electron chi connectivity index (χ4n) is 1.76.